The van der Waals surface area contributed by atoms with Gasteiger partial charge in [0.25, 0.3) is 5.91 Å². The molecule has 1 aliphatic rings. The standard InChI is InChI=1S/C17H24N2O2/c1-12-9-10-16(11-13(12)2)21-14(3)17(20)19-18-15-7-5-4-6-8-15/h9-11,14H,4-8H2,1-3H3,(H,19,20). The summed E-state index contributed by atoms with van der Waals surface area (Å²) in [6.07, 6.45) is 5.03. The number of hydrogen-bond donors (Lipinski definition) is 1. The summed E-state index contributed by atoms with van der Waals surface area (Å²) in [6.45, 7) is 5.82. The molecule has 0 saturated heterocycles. The molecule has 0 aliphatic heterocycles. The van der Waals surface area contributed by atoms with Crippen LogP contribution in [0.15, 0.2) is 23.3 Å². The van der Waals surface area contributed by atoms with Gasteiger partial charge in [-0.25, -0.2) is 5.43 Å². The van der Waals surface area contributed by atoms with Crippen LogP contribution in [0.3, 0.4) is 0 Å². The average Bonchev–Trinajstić information content (AvgIpc) is 2.49. The molecule has 1 N–H and O–H groups in total. The first-order valence-corrected chi connectivity index (χ1v) is 7.65. The van der Waals surface area contributed by atoms with Gasteiger partial charge in [0, 0.05) is 5.71 Å². The van der Waals surface area contributed by atoms with Crippen LogP contribution in [-0.4, -0.2) is 17.7 Å². The quantitative estimate of drug-likeness (QED) is 0.862. The van der Waals surface area contributed by atoms with Gasteiger partial charge < -0.3 is 4.74 Å². The number of hydrogen-bond acceptors (Lipinski definition) is 3. The van der Waals surface area contributed by atoms with Crippen LogP contribution in [0.2, 0.25) is 0 Å². The van der Waals surface area contributed by atoms with E-state index in [-0.39, 0.29) is 5.91 Å². The average molecular weight is 288 g/mol. The van der Waals surface area contributed by atoms with Gasteiger partial charge in [0.05, 0.1) is 0 Å². The highest BCUT2D eigenvalue weighted by atomic mass is 16.5. The first kappa shape index (κ1) is 15.5. The van der Waals surface area contributed by atoms with E-state index in [1.165, 1.54) is 24.8 Å². The summed E-state index contributed by atoms with van der Waals surface area (Å²) in [6, 6.07) is 5.84. The van der Waals surface area contributed by atoms with Crippen molar-refractivity contribution in [2.75, 3.05) is 0 Å². The Labute approximate surface area is 126 Å². The van der Waals surface area contributed by atoms with Gasteiger partial charge in [-0.3, -0.25) is 4.79 Å². The summed E-state index contributed by atoms with van der Waals surface area (Å²) in [5.74, 6) is 0.511. The van der Waals surface area contributed by atoms with Crippen LogP contribution >= 0.6 is 0 Å². The predicted molar refractivity (Wildman–Crippen MR) is 84.7 cm³/mol. The van der Waals surface area contributed by atoms with E-state index in [1.807, 2.05) is 25.1 Å². The zero-order chi connectivity index (χ0) is 15.2. The first-order chi connectivity index (χ1) is 10.1. The maximum absolute atomic E-state index is 12.0. The van der Waals surface area contributed by atoms with E-state index in [0.29, 0.717) is 5.75 Å². The predicted octanol–water partition coefficient (Wildman–Crippen LogP) is 3.51. The summed E-state index contributed by atoms with van der Waals surface area (Å²) in [4.78, 5) is 12.0. The minimum atomic E-state index is -0.556. The van der Waals surface area contributed by atoms with E-state index in [0.717, 1.165) is 24.1 Å². The van der Waals surface area contributed by atoms with Crippen molar-refractivity contribution in [1.82, 2.24) is 5.43 Å². The lowest BCUT2D eigenvalue weighted by atomic mass is 9.99. The molecule has 0 radical (unpaired) electrons. The molecule has 1 aromatic rings. The lowest BCUT2D eigenvalue weighted by molar-refractivity contribution is -0.127. The number of benzene rings is 1. The second-order valence-electron chi connectivity index (χ2n) is 5.72. The third kappa shape index (κ3) is 4.59. The van der Waals surface area contributed by atoms with E-state index >= 15 is 0 Å². The molecule has 0 aromatic heterocycles. The summed E-state index contributed by atoms with van der Waals surface area (Å²) in [5.41, 5.74) is 6.08. The number of amides is 1. The topological polar surface area (TPSA) is 50.7 Å². The van der Waals surface area contributed by atoms with Crippen molar-refractivity contribution >= 4 is 11.6 Å². The van der Waals surface area contributed by atoms with Gasteiger partial charge in [-0.05, 0) is 69.7 Å². The number of rotatable bonds is 4. The smallest absolute Gasteiger partial charge is 0.280 e. The molecule has 21 heavy (non-hydrogen) atoms. The minimum absolute atomic E-state index is 0.202. The number of nitrogens with zero attached hydrogens (tertiary/aromatic N) is 1. The third-order valence-electron chi connectivity index (χ3n) is 3.92. The lowest BCUT2D eigenvalue weighted by Crippen LogP contribution is -2.34. The summed E-state index contributed by atoms with van der Waals surface area (Å²) < 4.78 is 5.67. The first-order valence-electron chi connectivity index (χ1n) is 7.65. The van der Waals surface area contributed by atoms with Crippen molar-refractivity contribution in [3.8, 4) is 5.75 Å². The van der Waals surface area contributed by atoms with Gasteiger partial charge in [0.15, 0.2) is 6.10 Å². The summed E-state index contributed by atoms with van der Waals surface area (Å²) in [5, 5.41) is 4.21. The van der Waals surface area contributed by atoms with Gasteiger partial charge in [-0.1, -0.05) is 12.5 Å². The van der Waals surface area contributed by atoms with Gasteiger partial charge in [0.2, 0.25) is 0 Å². The van der Waals surface area contributed by atoms with Crippen molar-refractivity contribution in [3.63, 3.8) is 0 Å². The molecule has 4 heteroatoms. The van der Waals surface area contributed by atoms with Gasteiger partial charge in [-0.2, -0.15) is 5.10 Å². The van der Waals surface area contributed by atoms with Gasteiger partial charge >= 0.3 is 0 Å². The minimum Gasteiger partial charge on any atom is -0.481 e. The highest BCUT2D eigenvalue weighted by Gasteiger charge is 2.15. The second kappa shape index (κ2) is 7.25. The molecule has 1 aliphatic carbocycles. The molecule has 0 spiro atoms. The Kier molecular flexibility index (Phi) is 5.37. The van der Waals surface area contributed by atoms with Crippen molar-refractivity contribution in [2.24, 2.45) is 5.10 Å². The van der Waals surface area contributed by atoms with Crippen LogP contribution in [0.4, 0.5) is 0 Å². The van der Waals surface area contributed by atoms with E-state index in [9.17, 15) is 4.79 Å². The molecule has 1 amide bonds. The van der Waals surface area contributed by atoms with E-state index < -0.39 is 6.10 Å². The maximum Gasteiger partial charge on any atom is 0.280 e. The van der Waals surface area contributed by atoms with Crippen LogP contribution in [0, 0.1) is 13.8 Å². The summed E-state index contributed by atoms with van der Waals surface area (Å²) >= 11 is 0. The molecule has 0 heterocycles. The van der Waals surface area contributed by atoms with Crippen LogP contribution in [0.25, 0.3) is 0 Å². The molecular formula is C17H24N2O2. The van der Waals surface area contributed by atoms with Crippen LogP contribution < -0.4 is 10.2 Å². The monoisotopic (exact) mass is 288 g/mol. The number of carbonyl (C=O) groups excluding carboxylic acids is 1. The van der Waals surface area contributed by atoms with Crippen molar-refractivity contribution < 1.29 is 9.53 Å². The number of nitrogens with one attached hydrogen (secondary N) is 1. The molecule has 4 nitrogen and oxygen atoms in total. The second-order valence-corrected chi connectivity index (χ2v) is 5.72. The highest BCUT2D eigenvalue weighted by Crippen LogP contribution is 2.18. The van der Waals surface area contributed by atoms with Crippen molar-refractivity contribution in [2.45, 2.75) is 59.0 Å². The fourth-order valence-corrected chi connectivity index (χ4v) is 2.34. The number of ether oxygens (including phenoxy) is 1. The molecule has 114 valence electrons. The largest absolute Gasteiger partial charge is 0.481 e. The Hall–Kier alpha value is -1.84. The van der Waals surface area contributed by atoms with Crippen molar-refractivity contribution in [3.05, 3.63) is 29.3 Å². The molecule has 0 bridgehead atoms. The normalized spacial score (nSPS) is 16.2. The maximum atomic E-state index is 12.0. The molecule has 1 unspecified atom stereocenters. The Morgan fingerprint density at radius 3 is 2.57 bits per heavy atom. The number of carbonyl (C=O) groups is 1. The molecule has 1 aromatic carbocycles. The van der Waals surface area contributed by atoms with E-state index in [4.69, 9.17) is 4.74 Å². The lowest BCUT2D eigenvalue weighted by Gasteiger charge is -2.15. The fraction of sp³-hybridized carbons (Fsp3) is 0.529. The Morgan fingerprint density at radius 2 is 1.90 bits per heavy atom. The molecular weight excluding hydrogens is 264 g/mol. The highest BCUT2D eigenvalue weighted by molar-refractivity contribution is 5.87. The number of aryl methyl sites for hydroxylation is 2. The van der Waals surface area contributed by atoms with Gasteiger partial charge in [-0.15, -0.1) is 0 Å². The fourth-order valence-electron chi connectivity index (χ4n) is 2.34. The Bertz CT molecular complexity index is 530. The van der Waals surface area contributed by atoms with Crippen LogP contribution in [-0.2, 0) is 4.79 Å². The SMILES string of the molecule is Cc1ccc(OC(C)C(=O)NN=C2CCCCC2)cc1C. The van der Waals surface area contributed by atoms with E-state index in [2.05, 4.69) is 17.5 Å². The van der Waals surface area contributed by atoms with Crippen LogP contribution in [0.5, 0.6) is 5.75 Å². The molecule has 2 rings (SSSR count). The van der Waals surface area contributed by atoms with Crippen molar-refractivity contribution in [1.29, 1.82) is 0 Å². The Balaban J connectivity index is 1.88. The van der Waals surface area contributed by atoms with Gasteiger partial charge in [0.1, 0.15) is 5.75 Å². The summed E-state index contributed by atoms with van der Waals surface area (Å²) in [7, 11) is 0. The molecule has 1 saturated carbocycles. The Morgan fingerprint density at radius 1 is 1.19 bits per heavy atom. The third-order valence-corrected chi connectivity index (χ3v) is 3.92. The van der Waals surface area contributed by atoms with Crippen LogP contribution in [0.1, 0.15) is 50.2 Å². The van der Waals surface area contributed by atoms with E-state index in [1.54, 1.807) is 6.92 Å². The molecule has 1 fully saturated rings. The molecule has 1 atom stereocenters. The zero-order valence-corrected chi connectivity index (χ0v) is 13.1. The number of hydrazone groups is 1. The zero-order valence-electron chi connectivity index (χ0n) is 13.1.